The maximum absolute atomic E-state index is 11.9. The molecule has 1 aromatic heterocycles. The van der Waals surface area contributed by atoms with Crippen molar-refractivity contribution in [2.45, 2.75) is 11.4 Å². The molecular weight excluding hydrogens is 354 g/mol. The Labute approximate surface area is 134 Å². The van der Waals surface area contributed by atoms with Crippen molar-refractivity contribution in [3.63, 3.8) is 0 Å². The number of aromatic nitrogens is 1. The quantitative estimate of drug-likeness (QED) is 0.794. The summed E-state index contributed by atoms with van der Waals surface area (Å²) in [6.07, 6.45) is 1.85. The number of carboxylic acid groups (broad SMARTS) is 1. The second-order valence-electron chi connectivity index (χ2n) is 4.29. The van der Waals surface area contributed by atoms with E-state index in [2.05, 4.69) is 20.9 Å². The molecule has 0 aliphatic carbocycles. The smallest absolute Gasteiger partial charge is 0.338 e. The van der Waals surface area contributed by atoms with Gasteiger partial charge in [-0.3, -0.25) is 4.79 Å². The molecule has 2 rings (SSSR count). The summed E-state index contributed by atoms with van der Waals surface area (Å²) in [5.74, 6) is -0.803. The first-order valence-corrected chi connectivity index (χ1v) is 7.91. The van der Waals surface area contributed by atoms with E-state index in [4.69, 9.17) is 5.11 Å². The second kappa shape index (κ2) is 7.38. The molecule has 0 radical (unpaired) electrons. The van der Waals surface area contributed by atoms with Crippen LogP contribution >= 0.6 is 27.7 Å². The molecule has 0 saturated carbocycles. The van der Waals surface area contributed by atoms with Crippen LogP contribution in [0.1, 0.15) is 15.9 Å². The number of carbonyl (C=O) groups excluding carboxylic acids is 1. The Kier molecular flexibility index (Phi) is 5.52. The number of carboxylic acids is 1. The summed E-state index contributed by atoms with van der Waals surface area (Å²) in [6, 6.07) is 10.6. The van der Waals surface area contributed by atoms with E-state index in [1.165, 1.54) is 12.3 Å². The molecular formula is C15H12BrNO3S. The third-order valence-electron chi connectivity index (χ3n) is 2.69. The van der Waals surface area contributed by atoms with Crippen molar-refractivity contribution in [3.05, 3.63) is 58.2 Å². The SMILES string of the molecule is O=C(CSc1ncccc1C(=O)O)Cc1ccc(Br)cc1. The van der Waals surface area contributed by atoms with Crippen molar-refractivity contribution >= 4 is 39.4 Å². The third-order valence-corrected chi connectivity index (χ3v) is 4.28. The second-order valence-corrected chi connectivity index (χ2v) is 6.17. The van der Waals surface area contributed by atoms with Gasteiger partial charge in [0, 0.05) is 17.1 Å². The Morgan fingerprint density at radius 1 is 1.19 bits per heavy atom. The molecule has 6 heteroatoms. The molecule has 1 heterocycles. The van der Waals surface area contributed by atoms with Crippen molar-refractivity contribution < 1.29 is 14.7 Å². The number of benzene rings is 1. The Hall–Kier alpha value is -1.66. The third kappa shape index (κ3) is 4.68. The summed E-state index contributed by atoms with van der Waals surface area (Å²) in [4.78, 5) is 27.0. The molecule has 0 aliphatic heterocycles. The standard InChI is InChI=1S/C15H12BrNO3S/c16-11-5-3-10(4-6-11)8-12(18)9-21-14-13(15(19)20)2-1-7-17-14/h1-7H,8-9H2,(H,19,20). The van der Waals surface area contributed by atoms with Crippen molar-refractivity contribution in [2.75, 3.05) is 5.75 Å². The van der Waals surface area contributed by atoms with Crippen molar-refractivity contribution in [1.29, 1.82) is 0 Å². The number of carbonyl (C=O) groups is 2. The van der Waals surface area contributed by atoms with E-state index in [1.54, 1.807) is 6.07 Å². The number of pyridine rings is 1. The van der Waals surface area contributed by atoms with Gasteiger partial charge in [-0.2, -0.15) is 0 Å². The molecule has 2 aromatic rings. The predicted molar refractivity (Wildman–Crippen MR) is 84.8 cm³/mol. The number of hydrogen-bond acceptors (Lipinski definition) is 4. The molecule has 0 amide bonds. The number of hydrogen-bond donors (Lipinski definition) is 1. The first-order valence-electron chi connectivity index (χ1n) is 6.13. The average Bonchev–Trinajstić information content (AvgIpc) is 2.48. The molecule has 21 heavy (non-hydrogen) atoms. The molecule has 108 valence electrons. The van der Waals surface area contributed by atoms with Gasteiger partial charge in [0.25, 0.3) is 0 Å². The van der Waals surface area contributed by atoms with Crippen LogP contribution in [0.2, 0.25) is 0 Å². The number of aromatic carboxylic acids is 1. The van der Waals surface area contributed by atoms with Gasteiger partial charge in [-0.25, -0.2) is 9.78 Å². The topological polar surface area (TPSA) is 67.3 Å². The van der Waals surface area contributed by atoms with E-state index in [-0.39, 0.29) is 17.1 Å². The maximum Gasteiger partial charge on any atom is 0.338 e. The Balaban J connectivity index is 1.95. The highest BCUT2D eigenvalue weighted by atomic mass is 79.9. The summed E-state index contributed by atoms with van der Waals surface area (Å²) < 4.78 is 0.965. The zero-order chi connectivity index (χ0) is 15.2. The molecule has 4 nitrogen and oxygen atoms in total. The van der Waals surface area contributed by atoms with Gasteiger partial charge >= 0.3 is 5.97 Å². The summed E-state index contributed by atoms with van der Waals surface area (Å²) in [7, 11) is 0. The predicted octanol–water partition coefficient (Wildman–Crippen LogP) is 3.45. The van der Waals surface area contributed by atoms with Gasteiger partial charge in [-0.15, -0.1) is 0 Å². The van der Waals surface area contributed by atoms with Crippen LogP contribution < -0.4 is 0 Å². The highest BCUT2D eigenvalue weighted by Gasteiger charge is 2.13. The zero-order valence-electron chi connectivity index (χ0n) is 11.0. The van der Waals surface area contributed by atoms with Gasteiger partial charge in [0.2, 0.25) is 0 Å². The fraction of sp³-hybridized carbons (Fsp3) is 0.133. The molecule has 0 spiro atoms. The number of halogens is 1. The first-order chi connectivity index (χ1) is 10.1. The van der Waals surface area contributed by atoms with Gasteiger partial charge in [0.1, 0.15) is 10.8 Å². The van der Waals surface area contributed by atoms with Gasteiger partial charge in [-0.05, 0) is 29.8 Å². The summed E-state index contributed by atoms with van der Waals surface area (Å²) in [5.41, 5.74) is 1.06. The van der Waals surface area contributed by atoms with E-state index in [0.717, 1.165) is 21.8 Å². The van der Waals surface area contributed by atoms with Crippen molar-refractivity contribution in [3.8, 4) is 0 Å². The highest BCUT2D eigenvalue weighted by Crippen LogP contribution is 2.20. The fourth-order valence-electron chi connectivity index (χ4n) is 1.70. The molecule has 0 bridgehead atoms. The Morgan fingerprint density at radius 2 is 1.90 bits per heavy atom. The normalized spacial score (nSPS) is 10.3. The van der Waals surface area contributed by atoms with Crippen LogP contribution in [-0.2, 0) is 11.2 Å². The van der Waals surface area contributed by atoms with Gasteiger partial charge in [0.05, 0.1) is 11.3 Å². The number of nitrogens with zero attached hydrogens (tertiary/aromatic N) is 1. The van der Waals surface area contributed by atoms with Crippen LogP contribution in [0.4, 0.5) is 0 Å². The number of Topliss-reactive ketones (excluding diaryl/α,β-unsaturated/α-hetero) is 1. The highest BCUT2D eigenvalue weighted by molar-refractivity contribution is 9.10. The van der Waals surface area contributed by atoms with E-state index in [9.17, 15) is 9.59 Å². The molecule has 0 atom stereocenters. The van der Waals surface area contributed by atoms with E-state index >= 15 is 0 Å². The lowest BCUT2D eigenvalue weighted by Crippen LogP contribution is -2.07. The largest absolute Gasteiger partial charge is 0.478 e. The molecule has 1 aromatic carbocycles. The lowest BCUT2D eigenvalue weighted by Gasteiger charge is -2.04. The van der Waals surface area contributed by atoms with Crippen LogP contribution in [-0.4, -0.2) is 27.6 Å². The van der Waals surface area contributed by atoms with Crippen LogP contribution in [0.25, 0.3) is 0 Å². The summed E-state index contributed by atoms with van der Waals surface area (Å²) in [5, 5.41) is 9.42. The minimum atomic E-state index is -1.04. The average molecular weight is 366 g/mol. The number of thioether (sulfide) groups is 1. The molecule has 1 N–H and O–H groups in total. The van der Waals surface area contributed by atoms with Crippen molar-refractivity contribution in [1.82, 2.24) is 4.98 Å². The fourth-order valence-corrected chi connectivity index (χ4v) is 2.81. The molecule has 0 unspecified atom stereocenters. The van der Waals surface area contributed by atoms with E-state index in [1.807, 2.05) is 24.3 Å². The van der Waals surface area contributed by atoms with E-state index in [0.29, 0.717) is 11.4 Å². The van der Waals surface area contributed by atoms with Crippen molar-refractivity contribution in [2.24, 2.45) is 0 Å². The minimum absolute atomic E-state index is 0.0318. The van der Waals surface area contributed by atoms with Gasteiger partial charge < -0.3 is 5.11 Å². The van der Waals surface area contributed by atoms with Crippen LogP contribution in [0.3, 0.4) is 0 Å². The minimum Gasteiger partial charge on any atom is -0.478 e. The van der Waals surface area contributed by atoms with E-state index < -0.39 is 5.97 Å². The zero-order valence-corrected chi connectivity index (χ0v) is 13.4. The molecule has 0 fully saturated rings. The summed E-state index contributed by atoms with van der Waals surface area (Å²) >= 11 is 4.50. The molecule has 0 saturated heterocycles. The lowest BCUT2D eigenvalue weighted by atomic mass is 10.1. The first kappa shape index (κ1) is 15.7. The van der Waals surface area contributed by atoms with Crippen LogP contribution in [0.15, 0.2) is 52.1 Å². The van der Waals surface area contributed by atoms with Crippen LogP contribution in [0.5, 0.6) is 0 Å². The molecule has 0 aliphatic rings. The van der Waals surface area contributed by atoms with Gasteiger partial charge in [0.15, 0.2) is 0 Å². The summed E-state index contributed by atoms with van der Waals surface area (Å²) in [6.45, 7) is 0. The monoisotopic (exact) mass is 365 g/mol. The number of ketones is 1. The number of rotatable bonds is 6. The van der Waals surface area contributed by atoms with Gasteiger partial charge in [-0.1, -0.05) is 39.8 Å². The Bertz CT molecular complexity index is 658. The Morgan fingerprint density at radius 3 is 2.57 bits per heavy atom. The van der Waals surface area contributed by atoms with Crippen LogP contribution in [0, 0.1) is 0 Å². The maximum atomic E-state index is 11.9. The lowest BCUT2D eigenvalue weighted by molar-refractivity contribution is -0.116.